The van der Waals surface area contributed by atoms with Crippen LogP contribution in [-0.4, -0.2) is 11.6 Å². The molecule has 8 aromatic carbocycles. The van der Waals surface area contributed by atoms with Gasteiger partial charge in [-0.15, -0.1) is 0 Å². The van der Waals surface area contributed by atoms with E-state index in [9.17, 15) is 9.59 Å². The largest absolute Gasteiger partial charge is 0.289 e. The second-order valence-corrected chi connectivity index (χ2v) is 10.7. The molecule has 0 bridgehead atoms. The molecular formula is C38H20O2. The molecule has 2 heteroatoms. The van der Waals surface area contributed by atoms with E-state index in [0.717, 1.165) is 64.6 Å². The third-order valence-electron chi connectivity index (χ3n) is 8.74. The van der Waals surface area contributed by atoms with Gasteiger partial charge in [-0.1, -0.05) is 97.1 Å². The molecule has 0 N–H and O–H groups in total. The topological polar surface area (TPSA) is 34.1 Å². The highest BCUT2D eigenvalue weighted by atomic mass is 16.1. The number of carbonyl (C=O) groups is 2. The molecule has 184 valence electrons. The van der Waals surface area contributed by atoms with Gasteiger partial charge in [0.2, 0.25) is 0 Å². The summed E-state index contributed by atoms with van der Waals surface area (Å²) in [5.74, 6) is -0.189. The van der Waals surface area contributed by atoms with Crippen molar-refractivity contribution in [2.75, 3.05) is 0 Å². The Kier molecular flexibility index (Phi) is 4.11. The molecule has 1 aliphatic carbocycles. The van der Waals surface area contributed by atoms with E-state index in [4.69, 9.17) is 0 Å². The Hall–Kier alpha value is -5.34. The summed E-state index contributed by atoms with van der Waals surface area (Å²) < 4.78 is 0. The lowest BCUT2D eigenvalue weighted by atomic mass is 9.79. The first-order valence-corrected chi connectivity index (χ1v) is 13.5. The van der Waals surface area contributed by atoms with Gasteiger partial charge in [-0.25, -0.2) is 0 Å². The number of fused-ring (bicyclic) bond motifs is 14. The van der Waals surface area contributed by atoms with Crippen LogP contribution in [0.3, 0.4) is 0 Å². The van der Waals surface area contributed by atoms with Crippen LogP contribution < -0.4 is 0 Å². The van der Waals surface area contributed by atoms with E-state index in [1.54, 1.807) is 0 Å². The van der Waals surface area contributed by atoms with Crippen LogP contribution in [0.25, 0.3) is 64.6 Å². The van der Waals surface area contributed by atoms with Crippen LogP contribution in [0, 0.1) is 0 Å². The third kappa shape index (κ3) is 2.67. The lowest BCUT2D eigenvalue weighted by Gasteiger charge is -2.21. The maximum absolute atomic E-state index is 14.2. The first-order valence-electron chi connectivity index (χ1n) is 13.5. The Labute approximate surface area is 229 Å². The van der Waals surface area contributed by atoms with Crippen LogP contribution in [0.5, 0.6) is 0 Å². The average molecular weight is 509 g/mol. The number of rotatable bonds is 0. The molecule has 0 saturated carbocycles. The fraction of sp³-hybridized carbons (Fsp3) is 0. The number of ketones is 2. The molecule has 0 unspecified atom stereocenters. The van der Waals surface area contributed by atoms with E-state index in [-0.39, 0.29) is 11.6 Å². The predicted octanol–water partition coefficient (Wildman–Crippen LogP) is 9.38. The lowest BCUT2D eigenvalue weighted by Crippen LogP contribution is -2.21. The summed E-state index contributed by atoms with van der Waals surface area (Å²) in [6.07, 6.45) is 0. The fourth-order valence-electron chi connectivity index (χ4n) is 6.94. The van der Waals surface area contributed by atoms with Gasteiger partial charge in [0.15, 0.2) is 11.6 Å². The monoisotopic (exact) mass is 508 g/mol. The molecule has 0 saturated heterocycles. The minimum Gasteiger partial charge on any atom is -0.289 e. The maximum Gasteiger partial charge on any atom is 0.194 e. The minimum absolute atomic E-state index is 0.0946. The quantitative estimate of drug-likeness (QED) is 0.191. The first-order chi connectivity index (χ1) is 19.7. The summed E-state index contributed by atoms with van der Waals surface area (Å²) in [7, 11) is 0. The van der Waals surface area contributed by atoms with Crippen molar-refractivity contribution in [3.05, 3.63) is 144 Å². The van der Waals surface area contributed by atoms with Crippen molar-refractivity contribution in [2.24, 2.45) is 0 Å². The second kappa shape index (κ2) is 7.62. The van der Waals surface area contributed by atoms with E-state index in [1.807, 2.05) is 72.8 Å². The highest BCUT2D eigenvalue weighted by molar-refractivity contribution is 6.35. The van der Waals surface area contributed by atoms with Gasteiger partial charge < -0.3 is 0 Å². The SMILES string of the molecule is O=C1c2cc3c4ccccc4c4ccccc4c3cc2C(=O)c2cc3c4ccccc4c4ccccc4c3cc21. The maximum atomic E-state index is 14.2. The molecular weight excluding hydrogens is 488 g/mol. The van der Waals surface area contributed by atoms with Gasteiger partial charge in [-0.3, -0.25) is 9.59 Å². The van der Waals surface area contributed by atoms with Gasteiger partial charge in [0, 0.05) is 22.3 Å². The normalized spacial score (nSPS) is 13.1. The van der Waals surface area contributed by atoms with Crippen LogP contribution in [0.15, 0.2) is 121 Å². The molecule has 40 heavy (non-hydrogen) atoms. The molecule has 0 atom stereocenters. The Morgan fingerprint density at radius 2 is 0.425 bits per heavy atom. The van der Waals surface area contributed by atoms with Crippen LogP contribution in [-0.2, 0) is 0 Å². The summed E-state index contributed by atoms with van der Waals surface area (Å²) in [5.41, 5.74) is 1.93. The van der Waals surface area contributed by atoms with Gasteiger partial charge >= 0.3 is 0 Å². The zero-order valence-electron chi connectivity index (χ0n) is 21.4. The van der Waals surface area contributed by atoms with Crippen molar-refractivity contribution in [3.8, 4) is 0 Å². The van der Waals surface area contributed by atoms with Crippen molar-refractivity contribution in [1.82, 2.24) is 0 Å². The van der Waals surface area contributed by atoms with Gasteiger partial charge in [-0.05, 0) is 88.9 Å². The van der Waals surface area contributed by atoms with E-state index in [0.29, 0.717) is 22.3 Å². The predicted molar refractivity (Wildman–Crippen MR) is 165 cm³/mol. The van der Waals surface area contributed by atoms with Crippen LogP contribution in [0.2, 0.25) is 0 Å². The molecule has 0 amide bonds. The molecule has 1 aliphatic rings. The van der Waals surface area contributed by atoms with Gasteiger partial charge in [0.25, 0.3) is 0 Å². The molecule has 0 aliphatic heterocycles. The number of benzene rings is 8. The van der Waals surface area contributed by atoms with Crippen molar-refractivity contribution < 1.29 is 9.59 Å². The van der Waals surface area contributed by atoms with Crippen LogP contribution >= 0.6 is 0 Å². The highest BCUT2D eigenvalue weighted by Crippen LogP contribution is 2.41. The van der Waals surface area contributed by atoms with E-state index in [2.05, 4.69) is 48.5 Å². The second-order valence-electron chi connectivity index (χ2n) is 10.7. The molecule has 9 rings (SSSR count). The van der Waals surface area contributed by atoms with E-state index >= 15 is 0 Å². The van der Waals surface area contributed by atoms with Gasteiger partial charge in [0.1, 0.15) is 0 Å². The van der Waals surface area contributed by atoms with Crippen LogP contribution in [0.1, 0.15) is 31.8 Å². The first kappa shape index (κ1) is 21.6. The number of hydrogen-bond acceptors (Lipinski definition) is 2. The van der Waals surface area contributed by atoms with Gasteiger partial charge in [-0.2, -0.15) is 0 Å². The van der Waals surface area contributed by atoms with Crippen molar-refractivity contribution in [3.63, 3.8) is 0 Å². The summed E-state index contributed by atoms with van der Waals surface area (Å²) in [6, 6.07) is 41.0. The van der Waals surface area contributed by atoms with Gasteiger partial charge in [0.05, 0.1) is 0 Å². The minimum atomic E-state index is -0.0946. The molecule has 2 nitrogen and oxygen atoms in total. The fourth-order valence-corrected chi connectivity index (χ4v) is 6.94. The highest BCUT2D eigenvalue weighted by Gasteiger charge is 2.31. The Bertz CT molecular complexity index is 2120. The summed E-state index contributed by atoms with van der Waals surface area (Å²) in [5, 5.41) is 12.9. The number of carbonyl (C=O) groups excluding carboxylic acids is 2. The summed E-state index contributed by atoms with van der Waals surface area (Å²) in [6.45, 7) is 0. The van der Waals surface area contributed by atoms with Crippen molar-refractivity contribution >= 4 is 76.2 Å². The average Bonchev–Trinajstić information content (AvgIpc) is 3.02. The molecule has 0 aromatic heterocycles. The molecule has 0 fully saturated rings. The lowest BCUT2D eigenvalue weighted by molar-refractivity contribution is 0.0979. The molecule has 0 spiro atoms. The summed E-state index contributed by atoms with van der Waals surface area (Å²) in [4.78, 5) is 28.4. The Morgan fingerprint density at radius 3 is 0.625 bits per heavy atom. The molecule has 0 heterocycles. The zero-order chi connectivity index (χ0) is 26.5. The summed E-state index contributed by atoms with van der Waals surface area (Å²) >= 11 is 0. The zero-order valence-corrected chi connectivity index (χ0v) is 21.4. The van der Waals surface area contributed by atoms with Crippen LogP contribution in [0.4, 0.5) is 0 Å². The van der Waals surface area contributed by atoms with Crippen molar-refractivity contribution in [2.45, 2.75) is 0 Å². The number of hydrogen-bond donors (Lipinski definition) is 0. The van der Waals surface area contributed by atoms with E-state index in [1.165, 1.54) is 0 Å². The van der Waals surface area contributed by atoms with Crippen molar-refractivity contribution in [1.29, 1.82) is 0 Å². The standard InChI is InChI=1S/C38H20O2/c39-37-33-17-29-25-13-5-1-9-21(25)22-10-2-6-14-26(22)30(29)18-34(33)38(40)36-20-32-28-16-8-4-12-24(28)23-11-3-7-15-27(23)31(32)19-35(36)37/h1-20H. The smallest absolute Gasteiger partial charge is 0.194 e. The Balaban J connectivity index is 1.40. The molecule has 0 radical (unpaired) electrons. The third-order valence-corrected chi connectivity index (χ3v) is 8.74. The van der Waals surface area contributed by atoms with E-state index < -0.39 is 0 Å². The Morgan fingerprint density at radius 1 is 0.250 bits per heavy atom. The molecule has 8 aromatic rings.